The van der Waals surface area contributed by atoms with Crippen LogP contribution in [0.15, 0.2) is 26.0 Å². The first-order valence-electron chi connectivity index (χ1n) is 6.26. The van der Waals surface area contributed by atoms with Gasteiger partial charge in [0.2, 0.25) is 10.0 Å². The van der Waals surface area contributed by atoms with Crippen LogP contribution in [0, 0.1) is 0 Å². The molecule has 3 N–H and O–H groups in total. The number of benzene rings is 1. The summed E-state index contributed by atoms with van der Waals surface area (Å²) in [4.78, 5) is 0.0384. The molecule has 1 aliphatic rings. The molecule has 0 spiro atoms. The van der Waals surface area contributed by atoms with Gasteiger partial charge in [-0.15, -0.1) is 0 Å². The van der Waals surface area contributed by atoms with Gasteiger partial charge in [0, 0.05) is 22.0 Å². The summed E-state index contributed by atoms with van der Waals surface area (Å²) in [5, 5.41) is 9.22. The van der Waals surface area contributed by atoms with Crippen LogP contribution in [0.4, 0.5) is 5.69 Å². The first-order valence-corrected chi connectivity index (χ1v) is 9.29. The van der Waals surface area contributed by atoms with Crippen LogP contribution in [0.3, 0.4) is 0 Å². The van der Waals surface area contributed by atoms with E-state index in [9.17, 15) is 13.5 Å². The molecule has 1 aromatic rings. The second kappa shape index (κ2) is 6.51. The Morgan fingerprint density at radius 2 is 2.10 bits per heavy atom. The monoisotopic (exact) mass is 442 g/mol. The molecule has 1 saturated heterocycles. The number of anilines is 1. The van der Waals surface area contributed by atoms with E-state index in [1.54, 1.807) is 19.1 Å². The van der Waals surface area contributed by atoms with E-state index in [1.807, 2.05) is 0 Å². The Hall–Kier alpha value is -0.190. The van der Waals surface area contributed by atoms with Crippen molar-refractivity contribution in [2.75, 3.05) is 25.4 Å². The van der Waals surface area contributed by atoms with Crippen molar-refractivity contribution >= 4 is 47.6 Å². The molecule has 1 aliphatic heterocycles. The highest BCUT2D eigenvalue weighted by molar-refractivity contribution is 9.11. The molecule has 0 aliphatic carbocycles. The van der Waals surface area contributed by atoms with Crippen LogP contribution < -0.4 is 5.73 Å². The van der Waals surface area contributed by atoms with Crippen molar-refractivity contribution in [2.45, 2.75) is 24.0 Å². The molecule has 2 unspecified atom stereocenters. The molecular weight excluding hydrogens is 428 g/mol. The van der Waals surface area contributed by atoms with Gasteiger partial charge in [0.1, 0.15) is 4.90 Å². The lowest BCUT2D eigenvalue weighted by Crippen LogP contribution is -2.50. The number of nitrogens with zero attached hydrogens (tertiary/aromatic N) is 1. The third-order valence-corrected chi connectivity index (χ3v) is 6.43. The zero-order chi connectivity index (χ0) is 15.8. The Bertz CT molecular complexity index is 615. The fourth-order valence-electron chi connectivity index (χ4n) is 2.28. The Labute approximate surface area is 140 Å². The van der Waals surface area contributed by atoms with Gasteiger partial charge >= 0.3 is 0 Å². The molecule has 2 atom stereocenters. The maximum absolute atomic E-state index is 12.8. The van der Waals surface area contributed by atoms with E-state index >= 15 is 0 Å². The predicted molar refractivity (Wildman–Crippen MR) is 86.4 cm³/mol. The van der Waals surface area contributed by atoms with Crippen molar-refractivity contribution in [1.29, 1.82) is 0 Å². The van der Waals surface area contributed by atoms with Crippen LogP contribution in [0.5, 0.6) is 0 Å². The number of nitrogen functional groups attached to an aromatic ring is 1. The van der Waals surface area contributed by atoms with Crippen LogP contribution in [-0.4, -0.2) is 49.7 Å². The molecule has 0 aromatic heterocycles. The summed E-state index contributed by atoms with van der Waals surface area (Å²) in [5.41, 5.74) is 6.03. The maximum atomic E-state index is 12.8. The van der Waals surface area contributed by atoms with Crippen molar-refractivity contribution in [2.24, 2.45) is 0 Å². The standard InChI is InChI=1S/C12H16Br2N2O4S/c1-7-4-16(5-9(6-17)20-7)21(18,19)12-10(14)2-8(13)3-11(12)15/h2-3,7,9,17H,4-6,15H2,1H3. The number of rotatable bonds is 3. The molecule has 118 valence electrons. The highest BCUT2D eigenvalue weighted by Crippen LogP contribution is 2.34. The molecule has 0 saturated carbocycles. The van der Waals surface area contributed by atoms with E-state index < -0.39 is 16.1 Å². The first-order chi connectivity index (χ1) is 9.75. The Balaban J connectivity index is 2.43. The normalized spacial score (nSPS) is 24.2. The average Bonchev–Trinajstić information content (AvgIpc) is 2.36. The van der Waals surface area contributed by atoms with E-state index in [0.29, 0.717) is 8.95 Å². The van der Waals surface area contributed by atoms with Gasteiger partial charge in [0.05, 0.1) is 24.5 Å². The van der Waals surface area contributed by atoms with Crippen molar-refractivity contribution in [3.8, 4) is 0 Å². The minimum atomic E-state index is -3.77. The Kier molecular flexibility index (Phi) is 5.32. The van der Waals surface area contributed by atoms with Crippen molar-refractivity contribution in [3.63, 3.8) is 0 Å². The van der Waals surface area contributed by atoms with E-state index in [0.717, 1.165) is 0 Å². The topological polar surface area (TPSA) is 92.9 Å². The Morgan fingerprint density at radius 3 is 2.67 bits per heavy atom. The lowest BCUT2D eigenvalue weighted by molar-refractivity contribution is -0.0750. The zero-order valence-electron chi connectivity index (χ0n) is 11.3. The highest BCUT2D eigenvalue weighted by Gasteiger charge is 2.35. The minimum Gasteiger partial charge on any atom is -0.398 e. The minimum absolute atomic E-state index is 0.0384. The number of halogens is 2. The lowest BCUT2D eigenvalue weighted by atomic mass is 10.2. The van der Waals surface area contributed by atoms with Gasteiger partial charge in [-0.1, -0.05) is 15.9 Å². The molecule has 0 amide bonds. The zero-order valence-corrected chi connectivity index (χ0v) is 15.3. The predicted octanol–water partition coefficient (Wildman–Crippen LogP) is 1.56. The van der Waals surface area contributed by atoms with E-state index in [-0.39, 0.29) is 36.4 Å². The number of nitrogens with two attached hydrogens (primary N) is 1. The average molecular weight is 444 g/mol. The van der Waals surface area contributed by atoms with Crippen LogP contribution in [-0.2, 0) is 14.8 Å². The smallest absolute Gasteiger partial charge is 0.246 e. The number of morpholine rings is 1. The number of hydrogen-bond acceptors (Lipinski definition) is 5. The molecule has 1 heterocycles. The fourth-order valence-corrected chi connectivity index (χ4v) is 5.84. The van der Waals surface area contributed by atoms with E-state index in [1.165, 1.54) is 4.31 Å². The van der Waals surface area contributed by atoms with Crippen LogP contribution >= 0.6 is 31.9 Å². The van der Waals surface area contributed by atoms with Gasteiger partial charge in [-0.3, -0.25) is 0 Å². The molecule has 9 heteroatoms. The fraction of sp³-hybridized carbons (Fsp3) is 0.500. The van der Waals surface area contributed by atoms with Gasteiger partial charge in [0.15, 0.2) is 0 Å². The van der Waals surface area contributed by atoms with Gasteiger partial charge in [0.25, 0.3) is 0 Å². The van der Waals surface area contributed by atoms with E-state index in [4.69, 9.17) is 10.5 Å². The van der Waals surface area contributed by atoms with Crippen molar-refractivity contribution < 1.29 is 18.3 Å². The highest BCUT2D eigenvalue weighted by atomic mass is 79.9. The summed E-state index contributed by atoms with van der Waals surface area (Å²) in [6, 6.07) is 3.18. The largest absolute Gasteiger partial charge is 0.398 e. The molecule has 1 aromatic carbocycles. The summed E-state index contributed by atoms with van der Waals surface area (Å²) in [6.45, 7) is 1.86. The summed E-state index contributed by atoms with van der Waals surface area (Å²) in [6.07, 6.45) is -0.819. The summed E-state index contributed by atoms with van der Waals surface area (Å²) in [5.74, 6) is 0. The van der Waals surface area contributed by atoms with Crippen LogP contribution in [0.1, 0.15) is 6.92 Å². The second-order valence-electron chi connectivity index (χ2n) is 4.88. The van der Waals surface area contributed by atoms with Crippen LogP contribution in [0.25, 0.3) is 0 Å². The van der Waals surface area contributed by atoms with Gasteiger partial charge < -0.3 is 15.6 Å². The summed E-state index contributed by atoms with van der Waals surface area (Å²) >= 11 is 6.52. The quantitative estimate of drug-likeness (QED) is 0.691. The number of sulfonamides is 1. The molecule has 0 bridgehead atoms. The van der Waals surface area contributed by atoms with Crippen LogP contribution in [0.2, 0.25) is 0 Å². The molecule has 21 heavy (non-hydrogen) atoms. The number of aliphatic hydroxyl groups excluding tert-OH is 1. The third-order valence-electron chi connectivity index (χ3n) is 3.13. The van der Waals surface area contributed by atoms with E-state index in [2.05, 4.69) is 31.9 Å². The molecular formula is C12H16Br2N2O4S. The molecule has 2 rings (SSSR count). The maximum Gasteiger partial charge on any atom is 0.246 e. The SMILES string of the molecule is CC1CN(S(=O)(=O)c2c(N)cc(Br)cc2Br)CC(CO)O1. The number of hydrogen-bond donors (Lipinski definition) is 2. The van der Waals surface area contributed by atoms with Crippen molar-refractivity contribution in [1.82, 2.24) is 4.31 Å². The molecule has 1 fully saturated rings. The van der Waals surface area contributed by atoms with Gasteiger partial charge in [-0.05, 0) is 35.0 Å². The summed E-state index contributed by atoms with van der Waals surface area (Å²) in [7, 11) is -3.77. The van der Waals surface area contributed by atoms with Crippen molar-refractivity contribution in [3.05, 3.63) is 21.1 Å². The lowest BCUT2D eigenvalue weighted by Gasteiger charge is -2.35. The number of ether oxygens (including phenoxy) is 1. The molecule has 6 nitrogen and oxygen atoms in total. The molecule has 0 radical (unpaired) electrons. The third kappa shape index (κ3) is 3.59. The van der Waals surface area contributed by atoms with Gasteiger partial charge in [-0.25, -0.2) is 8.42 Å². The summed E-state index contributed by atoms with van der Waals surface area (Å²) < 4.78 is 33.5. The second-order valence-corrected chi connectivity index (χ2v) is 8.52. The number of aliphatic hydroxyl groups is 1. The first kappa shape index (κ1) is 17.2. The van der Waals surface area contributed by atoms with Gasteiger partial charge in [-0.2, -0.15) is 4.31 Å². The Morgan fingerprint density at radius 1 is 1.43 bits per heavy atom.